The predicted molar refractivity (Wildman–Crippen MR) is 106 cm³/mol. The van der Waals surface area contributed by atoms with Crippen LogP contribution in [0, 0.1) is 5.92 Å². The van der Waals surface area contributed by atoms with Crippen LogP contribution in [0.4, 0.5) is 0 Å². The number of hydrogen-bond acceptors (Lipinski definition) is 7. The van der Waals surface area contributed by atoms with Crippen molar-refractivity contribution in [3.63, 3.8) is 0 Å². The lowest BCUT2D eigenvalue weighted by Gasteiger charge is -2.36. The molecule has 28 heavy (non-hydrogen) atoms. The highest BCUT2D eigenvalue weighted by Gasteiger charge is 2.29. The Morgan fingerprint density at radius 1 is 1.21 bits per heavy atom. The van der Waals surface area contributed by atoms with Gasteiger partial charge in [-0.1, -0.05) is 6.92 Å². The highest BCUT2D eigenvalue weighted by molar-refractivity contribution is 5.76. The lowest BCUT2D eigenvalue weighted by molar-refractivity contribution is -0.133. The monoisotopic (exact) mass is 393 g/mol. The number of ether oxygens (including phenoxy) is 1. The van der Waals surface area contributed by atoms with Gasteiger partial charge < -0.3 is 14.5 Å². The minimum absolute atomic E-state index is 0.122. The number of likely N-dealkylation sites (N-methyl/N-ethyl adjacent to an activating group) is 1. The molecule has 3 heterocycles. The van der Waals surface area contributed by atoms with Crippen LogP contribution < -0.4 is 0 Å². The van der Waals surface area contributed by atoms with Gasteiger partial charge in [-0.25, -0.2) is 4.68 Å². The molecule has 9 nitrogen and oxygen atoms in total. The van der Waals surface area contributed by atoms with Gasteiger partial charge in [-0.2, -0.15) is 0 Å². The fraction of sp³-hybridized carbons (Fsp3) is 0.895. The standard InChI is InChI=1S/C19H35N7O2/c1-3-24-8-4-5-18(24)14-25(19(27)15-26-16-20-21-22-26)13-17-6-9-23(10-7-17)11-12-28-2/h16-18H,3-15H2,1-2H3/t18-/m1/s1. The van der Waals surface area contributed by atoms with Gasteiger partial charge in [0.15, 0.2) is 0 Å². The highest BCUT2D eigenvalue weighted by atomic mass is 16.5. The fourth-order valence-electron chi connectivity index (χ4n) is 4.47. The number of piperidine rings is 1. The normalized spacial score (nSPS) is 22.0. The van der Waals surface area contributed by atoms with Gasteiger partial charge in [-0.05, 0) is 68.2 Å². The van der Waals surface area contributed by atoms with E-state index >= 15 is 0 Å². The maximum Gasteiger partial charge on any atom is 0.244 e. The summed E-state index contributed by atoms with van der Waals surface area (Å²) in [6.45, 7) is 10.3. The van der Waals surface area contributed by atoms with E-state index in [1.54, 1.807) is 7.11 Å². The predicted octanol–water partition coefficient (Wildman–Crippen LogP) is 0.344. The molecule has 2 aliphatic heterocycles. The quantitative estimate of drug-likeness (QED) is 0.567. The summed E-state index contributed by atoms with van der Waals surface area (Å²) >= 11 is 0. The van der Waals surface area contributed by atoms with Gasteiger partial charge >= 0.3 is 0 Å². The van der Waals surface area contributed by atoms with Crippen LogP contribution >= 0.6 is 0 Å². The van der Waals surface area contributed by atoms with Gasteiger partial charge in [0.1, 0.15) is 12.9 Å². The molecular formula is C19H35N7O2. The molecule has 9 heteroatoms. The third-order valence-electron chi connectivity index (χ3n) is 6.18. The SMILES string of the molecule is CCN1CCC[C@@H]1CN(CC1CCN(CCOC)CC1)C(=O)Cn1cnnn1. The summed E-state index contributed by atoms with van der Waals surface area (Å²) in [7, 11) is 1.75. The zero-order valence-electron chi connectivity index (χ0n) is 17.4. The molecule has 1 atom stereocenters. The summed E-state index contributed by atoms with van der Waals surface area (Å²) in [6, 6.07) is 0.476. The first-order valence-electron chi connectivity index (χ1n) is 10.6. The van der Waals surface area contributed by atoms with Crippen LogP contribution in [0.15, 0.2) is 6.33 Å². The molecule has 0 bridgehead atoms. The maximum atomic E-state index is 13.0. The second-order valence-corrected chi connectivity index (χ2v) is 8.01. The Bertz CT molecular complexity index is 575. The molecule has 0 unspecified atom stereocenters. The van der Waals surface area contributed by atoms with E-state index in [1.165, 1.54) is 23.9 Å². The van der Waals surface area contributed by atoms with E-state index in [0.717, 1.165) is 65.3 Å². The largest absolute Gasteiger partial charge is 0.383 e. The minimum Gasteiger partial charge on any atom is -0.383 e. The first kappa shape index (κ1) is 21.1. The van der Waals surface area contributed by atoms with Crippen molar-refractivity contribution < 1.29 is 9.53 Å². The van der Waals surface area contributed by atoms with Crippen LogP contribution in [0.25, 0.3) is 0 Å². The van der Waals surface area contributed by atoms with E-state index in [9.17, 15) is 4.79 Å². The average Bonchev–Trinajstić information content (AvgIpc) is 3.38. The topological polar surface area (TPSA) is 79.6 Å². The third-order valence-corrected chi connectivity index (χ3v) is 6.18. The number of methoxy groups -OCH3 is 1. The maximum absolute atomic E-state index is 13.0. The molecular weight excluding hydrogens is 358 g/mol. The summed E-state index contributed by atoms with van der Waals surface area (Å²) in [5.41, 5.74) is 0. The van der Waals surface area contributed by atoms with Crippen molar-refractivity contribution in [2.45, 2.75) is 45.2 Å². The Labute approximate surface area is 168 Å². The summed E-state index contributed by atoms with van der Waals surface area (Å²) in [4.78, 5) is 20.1. The van der Waals surface area contributed by atoms with Gasteiger partial charge in [-0.15, -0.1) is 5.10 Å². The molecule has 0 aliphatic carbocycles. The summed E-state index contributed by atoms with van der Waals surface area (Å²) in [5.74, 6) is 0.685. The molecule has 2 aliphatic rings. The van der Waals surface area contributed by atoms with E-state index in [1.807, 2.05) is 0 Å². The minimum atomic E-state index is 0.122. The van der Waals surface area contributed by atoms with Crippen molar-refractivity contribution in [1.82, 2.24) is 34.9 Å². The van der Waals surface area contributed by atoms with Crippen molar-refractivity contribution in [2.24, 2.45) is 5.92 Å². The highest BCUT2D eigenvalue weighted by Crippen LogP contribution is 2.22. The van der Waals surface area contributed by atoms with E-state index in [-0.39, 0.29) is 12.5 Å². The number of hydrogen-bond donors (Lipinski definition) is 0. The van der Waals surface area contributed by atoms with E-state index < -0.39 is 0 Å². The molecule has 0 N–H and O–H groups in total. The van der Waals surface area contributed by atoms with Gasteiger partial charge in [0, 0.05) is 32.8 Å². The number of rotatable bonds is 10. The zero-order chi connectivity index (χ0) is 19.8. The molecule has 0 radical (unpaired) electrons. The Balaban J connectivity index is 1.57. The first-order chi connectivity index (χ1) is 13.7. The van der Waals surface area contributed by atoms with Crippen LogP contribution in [-0.2, 0) is 16.1 Å². The molecule has 158 valence electrons. The second kappa shape index (κ2) is 10.8. The van der Waals surface area contributed by atoms with E-state index in [4.69, 9.17) is 4.74 Å². The number of tetrazole rings is 1. The third kappa shape index (κ3) is 5.96. The Hall–Kier alpha value is -1.58. The van der Waals surface area contributed by atoms with Crippen LogP contribution in [0.3, 0.4) is 0 Å². The Morgan fingerprint density at radius 2 is 2.04 bits per heavy atom. The average molecular weight is 394 g/mol. The van der Waals surface area contributed by atoms with Crippen molar-refractivity contribution >= 4 is 5.91 Å². The summed E-state index contributed by atoms with van der Waals surface area (Å²) < 4.78 is 6.72. The zero-order valence-corrected chi connectivity index (χ0v) is 17.4. The van der Waals surface area contributed by atoms with Crippen LogP contribution in [0.5, 0.6) is 0 Å². The van der Waals surface area contributed by atoms with Gasteiger partial charge in [0.2, 0.25) is 5.91 Å². The van der Waals surface area contributed by atoms with E-state index in [0.29, 0.717) is 12.0 Å². The lowest BCUT2D eigenvalue weighted by Crippen LogP contribution is -2.47. The fourth-order valence-corrected chi connectivity index (χ4v) is 4.47. The molecule has 1 amide bonds. The lowest BCUT2D eigenvalue weighted by atomic mass is 9.95. The van der Waals surface area contributed by atoms with Crippen molar-refractivity contribution in [3.05, 3.63) is 6.33 Å². The number of aromatic nitrogens is 4. The van der Waals surface area contributed by atoms with Crippen molar-refractivity contribution in [1.29, 1.82) is 0 Å². The number of carbonyl (C=O) groups is 1. The van der Waals surface area contributed by atoms with Crippen molar-refractivity contribution in [2.75, 3.05) is 59.5 Å². The van der Waals surface area contributed by atoms with Gasteiger partial charge in [0.05, 0.1) is 6.61 Å². The molecule has 1 aromatic rings. The molecule has 2 saturated heterocycles. The van der Waals surface area contributed by atoms with Gasteiger partial charge in [-0.3, -0.25) is 9.69 Å². The first-order valence-corrected chi connectivity index (χ1v) is 10.6. The smallest absolute Gasteiger partial charge is 0.244 e. The summed E-state index contributed by atoms with van der Waals surface area (Å²) in [5, 5.41) is 11.2. The number of nitrogens with zero attached hydrogens (tertiary/aromatic N) is 7. The molecule has 0 spiro atoms. The van der Waals surface area contributed by atoms with Crippen LogP contribution in [0.1, 0.15) is 32.6 Å². The summed E-state index contributed by atoms with van der Waals surface area (Å²) in [6.07, 6.45) is 6.20. The van der Waals surface area contributed by atoms with Crippen LogP contribution in [0.2, 0.25) is 0 Å². The number of likely N-dealkylation sites (tertiary alicyclic amines) is 2. The van der Waals surface area contributed by atoms with Gasteiger partial charge in [0.25, 0.3) is 0 Å². The Morgan fingerprint density at radius 3 is 2.71 bits per heavy atom. The molecule has 0 saturated carbocycles. The molecule has 3 rings (SSSR count). The van der Waals surface area contributed by atoms with Crippen LogP contribution in [-0.4, -0.2) is 106 Å². The number of amides is 1. The van der Waals surface area contributed by atoms with E-state index in [2.05, 4.69) is 37.1 Å². The van der Waals surface area contributed by atoms with Crippen molar-refractivity contribution in [3.8, 4) is 0 Å². The number of carbonyl (C=O) groups excluding carboxylic acids is 1. The second-order valence-electron chi connectivity index (χ2n) is 8.01. The molecule has 0 aromatic carbocycles. The Kier molecular flexibility index (Phi) is 8.17. The molecule has 2 fully saturated rings. The molecule has 1 aromatic heterocycles.